The molecule has 0 bridgehead atoms. The van der Waals surface area contributed by atoms with Gasteiger partial charge in [0.2, 0.25) is 0 Å². The van der Waals surface area contributed by atoms with Gasteiger partial charge in [-0.25, -0.2) is 0 Å². The average Bonchev–Trinajstić information content (AvgIpc) is 2.16. The molecule has 0 fully saturated rings. The lowest BCUT2D eigenvalue weighted by Gasteiger charge is -1.98. The second kappa shape index (κ2) is 3.83. The van der Waals surface area contributed by atoms with Crippen LogP contribution in [0.2, 0.25) is 0 Å². The van der Waals surface area contributed by atoms with Crippen LogP contribution in [0, 0.1) is 10.1 Å². The second-order valence-electron chi connectivity index (χ2n) is 2.92. The van der Waals surface area contributed by atoms with Crippen LogP contribution in [0.3, 0.4) is 0 Å². The third-order valence-corrected chi connectivity index (χ3v) is 1.71. The fourth-order valence-electron chi connectivity index (χ4n) is 1.01. The van der Waals surface area contributed by atoms with E-state index in [0.717, 1.165) is 0 Å². The molecular formula is C10H9NO3. The molecule has 0 N–H and O–H groups in total. The first kappa shape index (κ1) is 10.1. The molecule has 1 aromatic carbocycles. The van der Waals surface area contributed by atoms with Gasteiger partial charge >= 0.3 is 0 Å². The smallest absolute Gasteiger partial charge is 0.270 e. The third-order valence-electron chi connectivity index (χ3n) is 1.71. The lowest BCUT2D eigenvalue weighted by molar-refractivity contribution is -0.384. The zero-order valence-electron chi connectivity index (χ0n) is 7.69. The first-order chi connectivity index (χ1) is 6.52. The Kier molecular flexibility index (Phi) is 2.76. The van der Waals surface area contributed by atoms with Gasteiger partial charge in [-0.3, -0.25) is 14.9 Å². The Morgan fingerprint density at radius 1 is 1.50 bits per heavy atom. The topological polar surface area (TPSA) is 60.2 Å². The minimum Gasteiger partial charge on any atom is -0.289 e. The van der Waals surface area contributed by atoms with Crippen LogP contribution in [0.1, 0.15) is 17.3 Å². The van der Waals surface area contributed by atoms with E-state index in [-0.39, 0.29) is 11.5 Å². The predicted octanol–water partition coefficient (Wildman–Crippen LogP) is 2.35. The van der Waals surface area contributed by atoms with Gasteiger partial charge in [0.1, 0.15) is 0 Å². The second-order valence-corrected chi connectivity index (χ2v) is 2.92. The van der Waals surface area contributed by atoms with Gasteiger partial charge in [-0.1, -0.05) is 18.7 Å². The summed E-state index contributed by atoms with van der Waals surface area (Å²) in [6.45, 7) is 5.06. The zero-order valence-corrected chi connectivity index (χ0v) is 7.69. The van der Waals surface area contributed by atoms with Crippen LogP contribution in [-0.2, 0) is 0 Å². The standard InChI is InChI=1S/C10H9NO3/c1-7(2)10(12)8-4-3-5-9(6-8)11(13)14/h3-6H,1H2,2H3. The highest BCUT2D eigenvalue weighted by Gasteiger charge is 2.11. The van der Waals surface area contributed by atoms with Gasteiger partial charge in [-0.15, -0.1) is 0 Å². The van der Waals surface area contributed by atoms with Crippen molar-refractivity contribution in [2.75, 3.05) is 0 Å². The van der Waals surface area contributed by atoms with Gasteiger partial charge in [0, 0.05) is 17.7 Å². The van der Waals surface area contributed by atoms with Gasteiger partial charge in [-0.05, 0) is 12.5 Å². The molecule has 0 aliphatic heterocycles. The minimum atomic E-state index is -0.533. The number of hydrogen-bond acceptors (Lipinski definition) is 3. The highest BCUT2D eigenvalue weighted by Crippen LogP contribution is 2.15. The molecule has 1 rings (SSSR count). The van der Waals surface area contributed by atoms with Gasteiger partial charge in [0.05, 0.1) is 4.92 Å². The summed E-state index contributed by atoms with van der Waals surface area (Å²) in [5.74, 6) is -0.270. The highest BCUT2D eigenvalue weighted by atomic mass is 16.6. The molecule has 0 amide bonds. The zero-order chi connectivity index (χ0) is 10.7. The van der Waals surface area contributed by atoms with Crippen molar-refractivity contribution < 1.29 is 9.72 Å². The number of hydrogen-bond donors (Lipinski definition) is 0. The number of nitro benzene ring substituents is 1. The molecule has 0 saturated carbocycles. The van der Waals surface area contributed by atoms with Gasteiger partial charge in [0.25, 0.3) is 5.69 Å². The van der Waals surface area contributed by atoms with Crippen LogP contribution < -0.4 is 0 Å². The maximum Gasteiger partial charge on any atom is 0.270 e. The largest absolute Gasteiger partial charge is 0.289 e. The molecule has 0 aliphatic rings. The molecule has 0 aliphatic carbocycles. The van der Waals surface area contributed by atoms with E-state index < -0.39 is 4.92 Å². The Morgan fingerprint density at radius 2 is 2.14 bits per heavy atom. The van der Waals surface area contributed by atoms with E-state index in [0.29, 0.717) is 11.1 Å². The molecule has 0 saturated heterocycles. The summed E-state index contributed by atoms with van der Waals surface area (Å²) in [6, 6.07) is 5.60. The SMILES string of the molecule is C=C(C)C(=O)c1cccc([N+](=O)[O-])c1. The normalized spacial score (nSPS) is 9.50. The highest BCUT2D eigenvalue weighted by molar-refractivity contribution is 6.08. The summed E-state index contributed by atoms with van der Waals surface area (Å²) in [6.07, 6.45) is 0. The number of allylic oxidation sites excluding steroid dienone is 1. The molecule has 0 radical (unpaired) electrons. The first-order valence-corrected chi connectivity index (χ1v) is 3.97. The van der Waals surface area contributed by atoms with E-state index in [9.17, 15) is 14.9 Å². The lowest BCUT2D eigenvalue weighted by atomic mass is 10.1. The van der Waals surface area contributed by atoms with E-state index in [2.05, 4.69) is 6.58 Å². The Bertz CT molecular complexity index is 410. The molecule has 4 nitrogen and oxygen atoms in total. The van der Waals surface area contributed by atoms with E-state index in [1.165, 1.54) is 24.3 Å². The van der Waals surface area contributed by atoms with Crippen molar-refractivity contribution in [1.82, 2.24) is 0 Å². The number of ketones is 1. The predicted molar refractivity (Wildman–Crippen MR) is 52.2 cm³/mol. The molecule has 0 aromatic heterocycles. The maximum absolute atomic E-state index is 11.4. The molecule has 0 unspecified atom stereocenters. The number of benzene rings is 1. The fraction of sp³-hybridized carbons (Fsp3) is 0.100. The molecule has 0 spiro atoms. The number of carbonyl (C=O) groups is 1. The summed E-state index contributed by atoms with van der Waals surface area (Å²) in [5.41, 5.74) is 0.578. The summed E-state index contributed by atoms with van der Waals surface area (Å²) in [7, 11) is 0. The summed E-state index contributed by atoms with van der Waals surface area (Å²) in [4.78, 5) is 21.3. The maximum atomic E-state index is 11.4. The van der Waals surface area contributed by atoms with Gasteiger partial charge < -0.3 is 0 Å². The van der Waals surface area contributed by atoms with Gasteiger partial charge in [-0.2, -0.15) is 0 Å². The Morgan fingerprint density at radius 3 is 2.64 bits per heavy atom. The van der Waals surface area contributed by atoms with Crippen LogP contribution >= 0.6 is 0 Å². The number of Topliss-reactive ketones (excluding diaryl/α,β-unsaturated/α-hetero) is 1. The Balaban J connectivity index is 3.12. The molecule has 0 atom stereocenters. The van der Waals surface area contributed by atoms with E-state index in [1.807, 2.05) is 0 Å². The molecule has 72 valence electrons. The van der Waals surface area contributed by atoms with Gasteiger partial charge in [0.15, 0.2) is 5.78 Å². The van der Waals surface area contributed by atoms with E-state index in [4.69, 9.17) is 0 Å². The molecule has 0 heterocycles. The number of nitrogens with zero attached hydrogens (tertiary/aromatic N) is 1. The van der Waals surface area contributed by atoms with Crippen molar-refractivity contribution in [3.63, 3.8) is 0 Å². The van der Waals surface area contributed by atoms with Crippen LogP contribution in [0.15, 0.2) is 36.4 Å². The number of non-ortho nitro benzene ring substituents is 1. The van der Waals surface area contributed by atoms with Crippen LogP contribution in [-0.4, -0.2) is 10.7 Å². The monoisotopic (exact) mass is 191 g/mol. The van der Waals surface area contributed by atoms with Crippen molar-refractivity contribution in [1.29, 1.82) is 0 Å². The molecule has 4 heteroatoms. The third kappa shape index (κ3) is 2.04. The molecule has 1 aromatic rings. The minimum absolute atomic E-state index is 0.0860. The lowest BCUT2D eigenvalue weighted by Crippen LogP contribution is -2.00. The quantitative estimate of drug-likeness (QED) is 0.319. The van der Waals surface area contributed by atoms with Crippen LogP contribution in [0.5, 0.6) is 0 Å². The number of carbonyl (C=O) groups excluding carboxylic acids is 1. The van der Waals surface area contributed by atoms with Crippen molar-refractivity contribution in [2.45, 2.75) is 6.92 Å². The first-order valence-electron chi connectivity index (χ1n) is 3.97. The van der Waals surface area contributed by atoms with Crippen LogP contribution in [0.4, 0.5) is 5.69 Å². The average molecular weight is 191 g/mol. The summed E-state index contributed by atoms with van der Waals surface area (Å²) >= 11 is 0. The van der Waals surface area contributed by atoms with E-state index >= 15 is 0 Å². The van der Waals surface area contributed by atoms with Crippen LogP contribution in [0.25, 0.3) is 0 Å². The fourth-order valence-corrected chi connectivity index (χ4v) is 1.01. The number of nitro groups is 1. The summed E-state index contributed by atoms with van der Waals surface area (Å²) < 4.78 is 0. The van der Waals surface area contributed by atoms with Crippen molar-refractivity contribution in [3.8, 4) is 0 Å². The number of rotatable bonds is 3. The molecular weight excluding hydrogens is 182 g/mol. The van der Waals surface area contributed by atoms with Crippen molar-refractivity contribution in [2.24, 2.45) is 0 Å². The van der Waals surface area contributed by atoms with Crippen molar-refractivity contribution in [3.05, 3.63) is 52.1 Å². The Labute approximate surface area is 81.0 Å². The summed E-state index contributed by atoms with van der Waals surface area (Å²) in [5, 5.41) is 10.4. The Hall–Kier alpha value is -1.97. The van der Waals surface area contributed by atoms with E-state index in [1.54, 1.807) is 6.92 Å². The van der Waals surface area contributed by atoms with Crippen molar-refractivity contribution >= 4 is 11.5 Å². The molecule has 14 heavy (non-hydrogen) atoms.